The third-order valence-corrected chi connectivity index (χ3v) is 15.2. The fourth-order valence-electron chi connectivity index (χ4n) is 9.81. The molecule has 0 bridgehead atoms. The van der Waals surface area contributed by atoms with Crippen LogP contribution in [0.25, 0.3) is 0 Å². The van der Waals surface area contributed by atoms with Crippen molar-refractivity contribution < 1.29 is 23.7 Å². The normalized spacial score (nSPS) is 18.9. The van der Waals surface area contributed by atoms with Crippen LogP contribution in [-0.2, 0) is 33.5 Å². The third-order valence-electron chi connectivity index (χ3n) is 13.3. The van der Waals surface area contributed by atoms with Gasteiger partial charge in [-0.25, -0.2) is 4.98 Å². The highest BCUT2D eigenvalue weighted by atomic mass is 35.5. The van der Waals surface area contributed by atoms with Gasteiger partial charge in [0.25, 0.3) is 5.91 Å². The first-order chi connectivity index (χ1) is 30.9. The summed E-state index contributed by atoms with van der Waals surface area (Å²) in [5.41, 5.74) is 6.81. The number of imide groups is 1. The maximum Gasteiger partial charge on any atom is 0.255 e. The van der Waals surface area contributed by atoms with Crippen LogP contribution in [-0.4, -0.2) is 121 Å². The number of para-hydroxylation sites is 1. The minimum absolute atomic E-state index is 0.107. The number of rotatable bonds is 16. The summed E-state index contributed by atoms with van der Waals surface area (Å²) in [5, 5.41) is 10.1. The number of piperazine rings is 1. The molecule has 3 fully saturated rings. The Morgan fingerprint density at radius 3 is 2.41 bits per heavy atom. The van der Waals surface area contributed by atoms with E-state index in [1.165, 1.54) is 16.8 Å². The number of nitrogens with zero attached hydrogens (tertiary/aromatic N) is 6. The molecule has 8 rings (SSSR count). The van der Waals surface area contributed by atoms with E-state index < -0.39 is 13.2 Å². The topological polar surface area (TPSA) is 152 Å². The van der Waals surface area contributed by atoms with Crippen molar-refractivity contribution in [1.82, 2.24) is 30.0 Å². The number of amides is 3. The van der Waals surface area contributed by atoms with E-state index in [9.17, 15) is 18.9 Å². The molecule has 1 atom stereocenters. The number of hydrogen-bond acceptors (Lipinski definition) is 12. The second-order valence-electron chi connectivity index (χ2n) is 17.8. The molecule has 4 aliphatic rings. The average Bonchev–Trinajstić information content (AvgIpc) is 3.63. The molecular formula is C48H61ClN9O5P. The molecule has 3 saturated heterocycles. The zero-order valence-corrected chi connectivity index (χ0v) is 39.1. The van der Waals surface area contributed by atoms with Crippen LogP contribution in [0, 0.1) is 0 Å². The first kappa shape index (κ1) is 45.6. The van der Waals surface area contributed by atoms with E-state index in [4.69, 9.17) is 21.3 Å². The smallest absolute Gasteiger partial charge is 0.255 e. The molecule has 0 aliphatic carbocycles. The molecule has 1 aromatic heterocycles. The minimum Gasteiger partial charge on any atom is -0.494 e. The minimum atomic E-state index is -2.55. The molecule has 16 heteroatoms. The van der Waals surface area contributed by atoms with Crippen LogP contribution in [0.15, 0.2) is 60.8 Å². The average molecular weight is 911 g/mol. The van der Waals surface area contributed by atoms with Gasteiger partial charge < -0.3 is 34.6 Å². The van der Waals surface area contributed by atoms with Crippen molar-refractivity contribution >= 4 is 70.6 Å². The highest BCUT2D eigenvalue weighted by molar-refractivity contribution is 7.70. The maximum atomic E-state index is 13.2. The molecule has 0 saturated carbocycles. The van der Waals surface area contributed by atoms with Crippen molar-refractivity contribution in [3.63, 3.8) is 0 Å². The van der Waals surface area contributed by atoms with Crippen molar-refractivity contribution in [2.75, 3.05) is 81.8 Å². The van der Waals surface area contributed by atoms with Crippen molar-refractivity contribution in [2.45, 2.75) is 83.3 Å². The van der Waals surface area contributed by atoms with Crippen LogP contribution in [0.5, 0.6) is 5.75 Å². The van der Waals surface area contributed by atoms with E-state index in [-0.39, 0.29) is 24.1 Å². The summed E-state index contributed by atoms with van der Waals surface area (Å²) in [6.07, 6.45) is 9.54. The van der Waals surface area contributed by atoms with Gasteiger partial charge in [-0.1, -0.05) is 49.2 Å². The first-order valence-electron chi connectivity index (χ1n) is 22.8. The SMILES string of the molecule is CCc1cc(Nc2ncc(Cl)c(Nc3ccccc3P(C)(C)=O)n2)c(OC)cc1N1CCC(N2CCN(CCCCCc3cccc4c3CN(C3CCC(=O)NC3=O)C4=O)CC2)CC1. The Bertz CT molecular complexity index is 2410. The van der Waals surface area contributed by atoms with E-state index in [0.29, 0.717) is 52.8 Å². The highest BCUT2D eigenvalue weighted by Crippen LogP contribution is 2.40. The number of carbonyl (C=O) groups excluding carboxylic acids is 3. The molecular weight excluding hydrogens is 849 g/mol. The number of aromatic nitrogens is 2. The maximum absolute atomic E-state index is 13.2. The molecule has 14 nitrogen and oxygen atoms in total. The zero-order valence-electron chi connectivity index (χ0n) is 37.5. The predicted octanol–water partition coefficient (Wildman–Crippen LogP) is 7.20. The van der Waals surface area contributed by atoms with Gasteiger partial charge in [0.2, 0.25) is 17.8 Å². The Hall–Kier alpha value is -5.01. The summed E-state index contributed by atoms with van der Waals surface area (Å²) in [6, 6.07) is 17.7. The van der Waals surface area contributed by atoms with Gasteiger partial charge in [0.1, 0.15) is 24.0 Å². The van der Waals surface area contributed by atoms with E-state index in [0.717, 1.165) is 107 Å². The summed E-state index contributed by atoms with van der Waals surface area (Å²) >= 11 is 6.54. The Labute approximate surface area is 381 Å². The quantitative estimate of drug-likeness (QED) is 0.0593. The molecule has 1 unspecified atom stereocenters. The monoisotopic (exact) mass is 909 g/mol. The van der Waals surface area contributed by atoms with Crippen LogP contribution in [0.4, 0.5) is 28.8 Å². The van der Waals surface area contributed by atoms with Crippen molar-refractivity contribution in [1.29, 1.82) is 0 Å². The lowest BCUT2D eigenvalue weighted by molar-refractivity contribution is -0.136. The molecule has 3 aromatic carbocycles. The number of methoxy groups -OCH3 is 1. The lowest BCUT2D eigenvalue weighted by Gasteiger charge is -2.43. The fourth-order valence-corrected chi connectivity index (χ4v) is 11.1. The second-order valence-corrected chi connectivity index (χ2v) is 21.4. The van der Waals surface area contributed by atoms with E-state index in [1.54, 1.807) is 31.5 Å². The Balaban J connectivity index is 0.789. The lowest BCUT2D eigenvalue weighted by Crippen LogP contribution is -2.53. The number of fused-ring (bicyclic) bond motifs is 1. The Morgan fingerprint density at radius 2 is 1.67 bits per heavy atom. The summed E-state index contributed by atoms with van der Waals surface area (Å²) in [6.45, 7) is 13.6. The van der Waals surface area contributed by atoms with Crippen molar-refractivity contribution in [3.8, 4) is 5.75 Å². The molecule has 4 aromatic rings. The fraction of sp³-hybridized carbons (Fsp3) is 0.479. The van der Waals surface area contributed by atoms with E-state index >= 15 is 0 Å². The van der Waals surface area contributed by atoms with Gasteiger partial charge in [-0.15, -0.1) is 0 Å². The number of ether oxygens (including phenoxy) is 1. The van der Waals surface area contributed by atoms with E-state index in [1.807, 2.05) is 36.4 Å². The molecule has 5 heterocycles. The van der Waals surface area contributed by atoms with Crippen LogP contribution in [0.2, 0.25) is 5.02 Å². The number of anilines is 5. The van der Waals surface area contributed by atoms with Gasteiger partial charge in [0, 0.05) is 80.9 Å². The first-order valence-corrected chi connectivity index (χ1v) is 25.8. The second kappa shape index (κ2) is 20.0. The van der Waals surface area contributed by atoms with Crippen LogP contribution >= 0.6 is 18.7 Å². The summed E-state index contributed by atoms with van der Waals surface area (Å²) < 4.78 is 18.9. The third kappa shape index (κ3) is 10.3. The molecule has 3 N–H and O–H groups in total. The van der Waals surface area contributed by atoms with Gasteiger partial charge in [-0.2, -0.15) is 4.98 Å². The Kier molecular flexibility index (Phi) is 14.3. The van der Waals surface area contributed by atoms with Gasteiger partial charge in [0.15, 0.2) is 5.82 Å². The van der Waals surface area contributed by atoms with Crippen molar-refractivity contribution in [3.05, 3.63) is 88.1 Å². The van der Waals surface area contributed by atoms with Gasteiger partial charge in [-0.3, -0.25) is 24.6 Å². The summed E-state index contributed by atoms with van der Waals surface area (Å²) in [5.74, 6) is 0.745. The lowest BCUT2D eigenvalue weighted by atomic mass is 9.98. The number of nitrogens with one attached hydrogen (secondary N) is 3. The predicted molar refractivity (Wildman–Crippen MR) is 255 cm³/mol. The molecule has 64 heavy (non-hydrogen) atoms. The largest absolute Gasteiger partial charge is 0.494 e. The van der Waals surface area contributed by atoms with Crippen molar-refractivity contribution in [2.24, 2.45) is 0 Å². The Morgan fingerprint density at radius 1 is 0.891 bits per heavy atom. The summed E-state index contributed by atoms with van der Waals surface area (Å²) in [4.78, 5) is 56.0. The molecule has 4 aliphatic heterocycles. The van der Waals surface area contributed by atoms with Gasteiger partial charge in [0.05, 0.1) is 24.7 Å². The van der Waals surface area contributed by atoms with Crippen LogP contribution in [0.3, 0.4) is 0 Å². The van der Waals surface area contributed by atoms with Crippen LogP contribution in [0.1, 0.15) is 78.9 Å². The van der Waals surface area contributed by atoms with Gasteiger partial charge in [-0.05, 0) is 106 Å². The zero-order chi connectivity index (χ0) is 45.0. The standard InChI is InChI=1S/C48H61ClN9O5P/c1-5-32-28-39(52-48-50-30-37(49)45(54-48)51-38-15-8-9-16-43(38)64(3,4)62)42(63-2)29-41(32)57-22-19-34(20-23-57)56-26-24-55(25-27-56)21-10-6-7-12-33-13-11-14-35-36(33)31-58(47(35)61)40-17-18-44(59)53-46(40)60/h8-9,11,13-16,28-30,34,40H,5-7,10,12,17-27,31H2,1-4H3,(H,53,59,60)(H2,50,51,52,54). The van der Waals surface area contributed by atoms with Crippen LogP contribution < -0.4 is 30.9 Å². The molecule has 340 valence electrons. The van der Waals surface area contributed by atoms with E-state index in [2.05, 4.69) is 60.8 Å². The number of hydrogen-bond donors (Lipinski definition) is 3. The highest BCUT2D eigenvalue weighted by Gasteiger charge is 2.40. The molecule has 0 spiro atoms. The number of piperidine rings is 2. The summed E-state index contributed by atoms with van der Waals surface area (Å²) in [7, 11) is -0.869. The number of unbranched alkanes of at least 4 members (excludes halogenated alkanes) is 2. The number of benzene rings is 3. The number of halogens is 1. The number of aryl methyl sites for hydroxylation is 2. The number of carbonyl (C=O) groups is 3. The molecule has 0 radical (unpaired) electrons. The van der Waals surface area contributed by atoms with Gasteiger partial charge >= 0.3 is 0 Å². The molecule has 3 amide bonds.